The third kappa shape index (κ3) is 2.69. The van der Waals surface area contributed by atoms with E-state index in [1.54, 1.807) is 6.07 Å². The highest BCUT2D eigenvalue weighted by atomic mass is 35.5. The Kier molecular flexibility index (Phi) is 4.60. The molecule has 0 aliphatic carbocycles. The highest BCUT2D eigenvalue weighted by Gasteiger charge is 2.13. The number of hydrogen-bond donors (Lipinski definition) is 0. The molecule has 0 heterocycles. The molecule has 0 aromatic heterocycles. The van der Waals surface area contributed by atoms with Gasteiger partial charge in [-0.3, -0.25) is 0 Å². The molecule has 0 radical (unpaired) electrons. The van der Waals surface area contributed by atoms with Gasteiger partial charge in [0.2, 0.25) is 0 Å². The molecular formula is C3H4Cl2NOP. The fourth-order valence-corrected chi connectivity index (χ4v) is 0.795. The number of nitrogens with zero attached hydrogens (tertiary/aromatic N) is 1. The van der Waals surface area contributed by atoms with E-state index in [4.69, 9.17) is 28.5 Å². The topological polar surface area (TPSA) is 33.0 Å². The monoisotopic (exact) mass is 171 g/mol. The Morgan fingerprint density at radius 1 is 1.62 bits per heavy atom. The summed E-state index contributed by atoms with van der Waals surface area (Å²) < 4.78 is 4.45. The van der Waals surface area contributed by atoms with Crippen LogP contribution in [0.25, 0.3) is 0 Å². The van der Waals surface area contributed by atoms with Gasteiger partial charge < -0.3 is 4.52 Å². The van der Waals surface area contributed by atoms with Gasteiger partial charge in [-0.1, -0.05) is 0 Å². The maximum Gasteiger partial charge on any atom is 0.177 e. The average molecular weight is 172 g/mol. The maximum atomic E-state index is 8.14. The molecule has 46 valence electrons. The van der Waals surface area contributed by atoms with E-state index in [1.165, 1.54) is 0 Å². The van der Waals surface area contributed by atoms with Gasteiger partial charge in [-0.25, -0.2) is 0 Å². The second-order valence-electron chi connectivity index (χ2n) is 1.02. The van der Waals surface area contributed by atoms with E-state index in [1.807, 2.05) is 9.47 Å². The van der Waals surface area contributed by atoms with Crippen LogP contribution in [0.15, 0.2) is 0 Å². The Morgan fingerprint density at radius 2 is 2.12 bits per heavy atom. The largest absolute Gasteiger partial charge is 0.345 e. The molecule has 0 N–H and O–H groups in total. The van der Waals surface area contributed by atoms with Crippen molar-refractivity contribution in [3.8, 4) is 6.07 Å². The lowest BCUT2D eigenvalue weighted by Crippen LogP contribution is -2.12. The van der Waals surface area contributed by atoms with Crippen LogP contribution in [0.1, 0.15) is 0 Å². The van der Waals surface area contributed by atoms with E-state index >= 15 is 0 Å². The molecule has 8 heavy (non-hydrogen) atoms. The Morgan fingerprint density at radius 3 is 2.12 bits per heavy atom. The zero-order chi connectivity index (χ0) is 6.57. The zero-order valence-electron chi connectivity index (χ0n) is 3.84. The molecule has 0 saturated heterocycles. The zero-order valence-corrected chi connectivity index (χ0v) is 6.51. The van der Waals surface area contributed by atoms with Gasteiger partial charge in [-0.15, -0.1) is 23.2 Å². The summed E-state index contributed by atoms with van der Waals surface area (Å²) in [7, 11) is 1.92. The SMILES string of the molecule is N#CC(OP)C(Cl)Cl. The van der Waals surface area contributed by atoms with Gasteiger partial charge in [-0.2, -0.15) is 5.26 Å². The summed E-state index contributed by atoms with van der Waals surface area (Å²) >= 11 is 10.5. The van der Waals surface area contributed by atoms with Crippen molar-refractivity contribution >= 4 is 32.7 Å². The van der Waals surface area contributed by atoms with E-state index in [0.717, 1.165) is 0 Å². The van der Waals surface area contributed by atoms with Crippen molar-refractivity contribution in [2.24, 2.45) is 0 Å². The molecule has 0 aliphatic rings. The van der Waals surface area contributed by atoms with Gasteiger partial charge in [0, 0.05) is 9.47 Å². The van der Waals surface area contributed by atoms with Gasteiger partial charge in [0.05, 0.1) is 6.07 Å². The van der Waals surface area contributed by atoms with Crippen molar-refractivity contribution in [1.29, 1.82) is 5.26 Å². The molecule has 0 bridgehead atoms. The Balaban J connectivity index is 3.57. The first kappa shape index (κ1) is 8.46. The molecule has 0 aromatic rings. The predicted octanol–water partition coefficient (Wildman–Crippen LogP) is 1.49. The summed E-state index contributed by atoms with van der Waals surface area (Å²) in [5.74, 6) is 0. The highest BCUT2D eigenvalue weighted by Crippen LogP contribution is 2.12. The minimum Gasteiger partial charge on any atom is -0.345 e. The summed E-state index contributed by atoms with van der Waals surface area (Å²) in [6, 6.07) is 1.74. The van der Waals surface area contributed by atoms with Gasteiger partial charge in [0.15, 0.2) is 6.10 Å². The summed E-state index contributed by atoms with van der Waals surface area (Å²) in [6.45, 7) is 0. The highest BCUT2D eigenvalue weighted by molar-refractivity contribution is 7.09. The molecule has 0 fully saturated rings. The summed E-state index contributed by atoms with van der Waals surface area (Å²) in [5.41, 5.74) is 0. The lowest BCUT2D eigenvalue weighted by atomic mass is 10.5. The average Bonchev–Trinajstić information content (AvgIpc) is 1.69. The molecule has 2 atom stereocenters. The van der Waals surface area contributed by atoms with Crippen molar-refractivity contribution in [3.05, 3.63) is 0 Å². The predicted molar refractivity (Wildman–Crippen MR) is 35.7 cm³/mol. The molecular weight excluding hydrogens is 168 g/mol. The molecule has 0 amide bonds. The lowest BCUT2D eigenvalue weighted by Gasteiger charge is -2.04. The van der Waals surface area contributed by atoms with Crippen molar-refractivity contribution in [2.75, 3.05) is 0 Å². The van der Waals surface area contributed by atoms with Crippen molar-refractivity contribution < 1.29 is 4.52 Å². The number of hydrogen-bond acceptors (Lipinski definition) is 2. The first-order valence-electron chi connectivity index (χ1n) is 1.75. The van der Waals surface area contributed by atoms with Crippen molar-refractivity contribution in [3.63, 3.8) is 0 Å². The number of rotatable bonds is 2. The maximum absolute atomic E-state index is 8.14. The minimum atomic E-state index is -0.780. The van der Waals surface area contributed by atoms with Crippen LogP contribution in [0, 0.1) is 11.3 Å². The number of halogens is 2. The molecule has 0 aliphatic heterocycles. The van der Waals surface area contributed by atoms with Crippen LogP contribution >= 0.6 is 32.7 Å². The molecule has 0 spiro atoms. The van der Waals surface area contributed by atoms with Crippen LogP contribution in [0.2, 0.25) is 0 Å². The Hall–Kier alpha value is 0.460. The molecule has 0 saturated carbocycles. The van der Waals surface area contributed by atoms with Gasteiger partial charge in [0.1, 0.15) is 4.84 Å². The molecule has 0 aromatic carbocycles. The third-order valence-electron chi connectivity index (χ3n) is 0.503. The quantitative estimate of drug-likeness (QED) is 0.466. The molecule has 2 nitrogen and oxygen atoms in total. The van der Waals surface area contributed by atoms with Crippen LogP contribution in [-0.2, 0) is 4.52 Å². The van der Waals surface area contributed by atoms with Crippen LogP contribution in [0.5, 0.6) is 0 Å². The van der Waals surface area contributed by atoms with Gasteiger partial charge >= 0.3 is 0 Å². The van der Waals surface area contributed by atoms with E-state index in [0.29, 0.717) is 0 Å². The second kappa shape index (κ2) is 4.35. The van der Waals surface area contributed by atoms with Gasteiger partial charge in [0.25, 0.3) is 0 Å². The normalized spacial score (nSPS) is 13.4. The molecule has 2 unspecified atom stereocenters. The van der Waals surface area contributed by atoms with E-state index in [9.17, 15) is 0 Å². The summed E-state index contributed by atoms with van der Waals surface area (Å²) in [6.07, 6.45) is -0.747. The first-order chi connectivity index (χ1) is 3.72. The third-order valence-corrected chi connectivity index (χ3v) is 1.25. The van der Waals surface area contributed by atoms with Gasteiger partial charge in [-0.05, 0) is 0 Å². The fourth-order valence-electron chi connectivity index (χ4n) is 0.146. The number of alkyl halides is 2. The standard InChI is InChI=1S/C3H4Cl2NOP/c4-3(5)2(1-6)7-8/h2-3H,8H2. The Labute approximate surface area is 60.0 Å². The fraction of sp³-hybridized carbons (Fsp3) is 0.667. The van der Waals surface area contributed by atoms with Crippen LogP contribution < -0.4 is 0 Å². The smallest absolute Gasteiger partial charge is 0.177 e. The number of nitriles is 1. The first-order valence-corrected chi connectivity index (χ1v) is 3.10. The summed E-state index contributed by atoms with van der Waals surface area (Å²) in [4.78, 5) is -0.780. The molecule has 5 heteroatoms. The van der Waals surface area contributed by atoms with Crippen molar-refractivity contribution in [2.45, 2.75) is 10.9 Å². The molecule has 0 rings (SSSR count). The second-order valence-corrected chi connectivity index (χ2v) is 2.46. The minimum absolute atomic E-state index is 0.747. The summed E-state index contributed by atoms with van der Waals surface area (Å²) in [5, 5.41) is 8.14. The van der Waals surface area contributed by atoms with Crippen LogP contribution in [0.4, 0.5) is 0 Å². The van der Waals surface area contributed by atoms with Crippen LogP contribution in [0.3, 0.4) is 0 Å². The Bertz CT molecular complexity index is 102. The van der Waals surface area contributed by atoms with Crippen LogP contribution in [-0.4, -0.2) is 10.9 Å². The van der Waals surface area contributed by atoms with Crippen molar-refractivity contribution in [1.82, 2.24) is 0 Å². The van der Waals surface area contributed by atoms with E-state index in [2.05, 4.69) is 4.52 Å². The lowest BCUT2D eigenvalue weighted by molar-refractivity contribution is 0.319. The van der Waals surface area contributed by atoms with E-state index < -0.39 is 10.9 Å². The van der Waals surface area contributed by atoms with E-state index in [-0.39, 0.29) is 0 Å².